The summed E-state index contributed by atoms with van der Waals surface area (Å²) in [5, 5.41) is 20.3. The minimum Gasteiger partial charge on any atom is -0.494 e. The summed E-state index contributed by atoms with van der Waals surface area (Å²) in [5.74, 6) is 8.43. The standard InChI is InChI=1S/3C12H16N2O.C12H16N2.C11H14N2O.C11H12N2O/c1-8-13-11-3-2-9-4-6-15-7-5-10(9)12(11)14-8;1-8-13-11-5-4-9-7-15-6-2-3-10(9)12(11)14-8;1-8-13-10-5-6-11-9(12(10)14-8)4-2-3-7-15-11;1-8-13-11-7-6-9-4-2-3-5-10(9)12(11)14-8;1-7-12-10-3-2-8-6-14-5-4-9(8)11(10)13-7;1-7-12-9-5-4-8-3-2-6-14-11(8)10(9)13-7/h2-3,11-12H,4-7H2,1H3,(H,13,14);4-5,11-12H,2-3,6-7H2,1H3,(H,13,14);5-6,10,12H,2-4,7H2,1H3,(H,13,14);6-7,11-12H,2-5H2,1H3,(H,13,14);2-3,10-11H,4-6H2,1H3,(H,12,13);2,4-6,9-10H,3H2,1H3,(H,12,13). The summed E-state index contributed by atoms with van der Waals surface area (Å²) in [5.41, 5.74) is 14.4. The second-order valence-corrected chi connectivity index (χ2v) is 25.4. The van der Waals surface area contributed by atoms with Crippen LogP contribution < -0.4 is 31.9 Å². The van der Waals surface area contributed by atoms with Crippen molar-refractivity contribution in [2.75, 3.05) is 46.2 Å². The van der Waals surface area contributed by atoms with Crippen LogP contribution in [0.4, 0.5) is 0 Å². The van der Waals surface area contributed by atoms with Crippen molar-refractivity contribution in [1.82, 2.24) is 31.9 Å². The van der Waals surface area contributed by atoms with Crippen LogP contribution in [0.1, 0.15) is 125 Å². The molecule has 17 nitrogen and oxygen atoms in total. The van der Waals surface area contributed by atoms with Crippen molar-refractivity contribution in [3.8, 4) is 0 Å². The maximum atomic E-state index is 5.75. The molecule has 0 saturated carbocycles. The minimum atomic E-state index is 0.153. The van der Waals surface area contributed by atoms with E-state index in [9.17, 15) is 0 Å². The van der Waals surface area contributed by atoms with Gasteiger partial charge in [-0.25, -0.2) is 0 Å². The second kappa shape index (κ2) is 26.7. The monoisotopic (exact) mass is 1180 g/mol. The molecule has 0 radical (unpaired) electrons. The van der Waals surface area contributed by atoms with E-state index in [1.54, 1.807) is 17.4 Å². The fourth-order valence-electron chi connectivity index (χ4n) is 15.1. The Morgan fingerprint density at radius 1 is 0.345 bits per heavy atom. The Bertz CT molecular complexity index is 3000. The summed E-state index contributed by atoms with van der Waals surface area (Å²) in [7, 11) is 0. The largest absolute Gasteiger partial charge is 0.494 e. The first kappa shape index (κ1) is 58.9. The Morgan fingerprint density at radius 3 is 1.32 bits per heavy atom. The van der Waals surface area contributed by atoms with Crippen LogP contribution >= 0.6 is 0 Å². The summed E-state index contributed by atoms with van der Waals surface area (Å²) in [6.45, 7) is 18.0. The van der Waals surface area contributed by atoms with Gasteiger partial charge in [-0.1, -0.05) is 66.8 Å². The molecule has 6 N–H and O–H groups in total. The van der Waals surface area contributed by atoms with Gasteiger partial charge in [0, 0.05) is 6.61 Å². The number of rotatable bonds is 0. The Labute approximate surface area is 514 Å². The molecule has 0 aromatic carbocycles. The number of nitrogens with zero attached hydrogens (tertiary/aromatic N) is 6. The third-order valence-corrected chi connectivity index (χ3v) is 19.3. The normalized spacial score (nSPS) is 34.0. The molecule has 12 atom stereocenters. The second-order valence-electron chi connectivity index (χ2n) is 25.4. The van der Waals surface area contributed by atoms with Crippen LogP contribution in [0.15, 0.2) is 182 Å². The van der Waals surface area contributed by atoms with Crippen LogP contribution in [0.2, 0.25) is 0 Å². The molecule has 11 aliphatic heterocycles. The molecular formula is C70H90N12O5. The number of fused-ring (bicyclic) bond motifs is 12. The van der Waals surface area contributed by atoms with Crippen molar-refractivity contribution in [2.24, 2.45) is 30.0 Å². The number of amidine groups is 6. The van der Waals surface area contributed by atoms with Crippen molar-refractivity contribution in [3.63, 3.8) is 0 Å². The summed E-state index contributed by atoms with van der Waals surface area (Å²) < 4.78 is 27.8. The number of nitrogens with one attached hydrogen (secondary N) is 6. The van der Waals surface area contributed by atoms with Crippen LogP contribution in [-0.4, -0.2) is 154 Å². The molecule has 0 fully saturated rings. The van der Waals surface area contributed by atoms with Gasteiger partial charge in [-0.05, 0) is 193 Å². The van der Waals surface area contributed by atoms with E-state index in [1.165, 1.54) is 76.7 Å². The summed E-state index contributed by atoms with van der Waals surface area (Å²) in [4.78, 5) is 27.9. The zero-order chi connectivity index (χ0) is 59.4. The highest BCUT2D eigenvalue weighted by Crippen LogP contribution is 2.38. The van der Waals surface area contributed by atoms with Crippen LogP contribution in [0.5, 0.6) is 0 Å². The predicted octanol–water partition coefficient (Wildman–Crippen LogP) is 9.33. The van der Waals surface area contributed by atoms with E-state index in [2.05, 4.69) is 137 Å². The molecule has 87 heavy (non-hydrogen) atoms. The van der Waals surface area contributed by atoms with Gasteiger partial charge >= 0.3 is 0 Å². The van der Waals surface area contributed by atoms with E-state index in [4.69, 9.17) is 28.7 Å². The molecule has 7 aliphatic carbocycles. The lowest BCUT2D eigenvalue weighted by atomic mass is 9.81. The van der Waals surface area contributed by atoms with E-state index < -0.39 is 0 Å². The molecule has 0 saturated heterocycles. The van der Waals surface area contributed by atoms with Gasteiger partial charge in [0.15, 0.2) is 0 Å². The maximum absolute atomic E-state index is 5.75. The highest BCUT2D eigenvalue weighted by molar-refractivity contribution is 5.86. The fraction of sp³-hybridized carbons (Fsp3) is 0.543. The number of allylic oxidation sites excluding steroid dienone is 7. The Morgan fingerprint density at radius 2 is 0.736 bits per heavy atom. The number of hydrogen-bond donors (Lipinski definition) is 6. The van der Waals surface area contributed by atoms with Gasteiger partial charge in [0.1, 0.15) is 23.6 Å². The molecular weight excluding hydrogens is 1090 g/mol. The van der Waals surface area contributed by atoms with E-state index >= 15 is 0 Å². The summed E-state index contributed by atoms with van der Waals surface area (Å²) in [6.07, 6.45) is 45.5. The Hall–Kier alpha value is -7.08. The lowest BCUT2D eigenvalue weighted by Gasteiger charge is -2.28. The highest BCUT2D eigenvalue weighted by atomic mass is 16.5. The third-order valence-electron chi connectivity index (χ3n) is 19.3. The fourth-order valence-corrected chi connectivity index (χ4v) is 15.1. The molecule has 0 amide bonds. The number of ether oxygens (including phenoxy) is 5. The molecule has 12 unspecified atom stereocenters. The van der Waals surface area contributed by atoms with Crippen LogP contribution in [0, 0.1) is 0 Å². The first-order chi connectivity index (χ1) is 42.6. The summed E-state index contributed by atoms with van der Waals surface area (Å²) in [6, 6.07) is 4.18. The average molecular weight is 1180 g/mol. The quantitative estimate of drug-likeness (QED) is 0.135. The van der Waals surface area contributed by atoms with Crippen molar-refractivity contribution in [1.29, 1.82) is 0 Å². The zero-order valence-electron chi connectivity index (χ0n) is 51.9. The van der Waals surface area contributed by atoms with Gasteiger partial charge in [-0.2, -0.15) is 0 Å². The molecule has 0 aromatic rings. The van der Waals surface area contributed by atoms with E-state index in [0.717, 1.165) is 144 Å². The molecule has 0 aromatic heterocycles. The SMILES string of the molecule is CC1=NC2C3=C(C=CC2N1)CC=CO3.CC1=NC2C3=C(C=CC2N1)CCCC3.CC1=NC2C3=C(C=CC2N1)CCOCC3.CC1=NC2C3=C(C=CC2N1)COCC3.CC1=NC2C3=C(C=CC2N1)COCCC3.CC1=NC2C3=C(C=CC2N1)OCCCC3. The van der Waals surface area contributed by atoms with Gasteiger partial charge in [0.05, 0.1) is 141 Å². The van der Waals surface area contributed by atoms with Crippen molar-refractivity contribution in [3.05, 3.63) is 152 Å². The Kier molecular flexibility index (Phi) is 18.1. The van der Waals surface area contributed by atoms with Gasteiger partial charge in [-0.3, -0.25) is 30.0 Å². The topological polar surface area (TPSA) is 192 Å². The molecule has 0 spiro atoms. The Balaban J connectivity index is 0.0000000966. The molecule has 18 rings (SSSR count). The number of hydrogen-bond acceptors (Lipinski definition) is 17. The van der Waals surface area contributed by atoms with Crippen molar-refractivity contribution in [2.45, 2.75) is 198 Å². The number of aliphatic imine (C=N–C) groups is 6. The van der Waals surface area contributed by atoms with Crippen LogP contribution in [0.3, 0.4) is 0 Å². The van der Waals surface area contributed by atoms with E-state index in [-0.39, 0.29) is 6.04 Å². The van der Waals surface area contributed by atoms with E-state index in [0.29, 0.717) is 66.5 Å². The minimum absolute atomic E-state index is 0.153. The van der Waals surface area contributed by atoms with Crippen molar-refractivity contribution < 1.29 is 23.7 Å². The van der Waals surface area contributed by atoms with Gasteiger partial charge in [0.2, 0.25) is 0 Å². The van der Waals surface area contributed by atoms with Crippen LogP contribution in [0.25, 0.3) is 0 Å². The maximum Gasteiger partial charge on any atom is 0.134 e. The van der Waals surface area contributed by atoms with Gasteiger partial charge < -0.3 is 55.6 Å². The van der Waals surface area contributed by atoms with Gasteiger partial charge in [-0.15, -0.1) is 0 Å². The highest BCUT2D eigenvalue weighted by Gasteiger charge is 2.39. The van der Waals surface area contributed by atoms with E-state index in [1.807, 2.05) is 40.7 Å². The molecule has 11 heterocycles. The average Bonchev–Trinajstić information content (AvgIpc) is 2.67. The third kappa shape index (κ3) is 13.2. The van der Waals surface area contributed by atoms with Crippen LogP contribution in [-0.2, 0) is 23.7 Å². The van der Waals surface area contributed by atoms with Gasteiger partial charge in [0.25, 0.3) is 0 Å². The summed E-state index contributed by atoms with van der Waals surface area (Å²) >= 11 is 0. The van der Waals surface area contributed by atoms with Crippen molar-refractivity contribution >= 4 is 35.0 Å². The lowest BCUT2D eigenvalue weighted by molar-refractivity contribution is 0.145. The molecule has 0 bridgehead atoms. The molecule has 18 aliphatic rings. The molecule has 17 heteroatoms. The lowest BCUT2D eigenvalue weighted by Crippen LogP contribution is -2.36. The molecule has 460 valence electrons. The first-order valence-electron chi connectivity index (χ1n) is 32.5. The smallest absolute Gasteiger partial charge is 0.134 e. The first-order valence-corrected chi connectivity index (χ1v) is 32.5. The predicted molar refractivity (Wildman–Crippen MR) is 349 cm³/mol. The zero-order valence-corrected chi connectivity index (χ0v) is 51.9.